The van der Waals surface area contributed by atoms with Gasteiger partial charge in [-0.05, 0) is 30.9 Å². The van der Waals surface area contributed by atoms with Gasteiger partial charge in [-0.25, -0.2) is 0 Å². The molecule has 1 heterocycles. The van der Waals surface area contributed by atoms with Crippen LogP contribution in [-0.4, -0.2) is 23.0 Å². The van der Waals surface area contributed by atoms with Crippen molar-refractivity contribution in [1.82, 2.24) is 5.01 Å². The Morgan fingerprint density at radius 1 is 1.11 bits per heavy atom. The lowest BCUT2D eigenvalue weighted by Crippen LogP contribution is -2.24. The van der Waals surface area contributed by atoms with Gasteiger partial charge >= 0.3 is 0 Å². The molecule has 0 aliphatic carbocycles. The molecule has 0 fully saturated rings. The molecule has 4 heteroatoms. The summed E-state index contributed by atoms with van der Waals surface area (Å²) in [5.74, 6) is -0.370. The normalized spacial score (nSPS) is 14.9. The number of imide groups is 1. The molecule has 0 aromatic heterocycles. The quantitative estimate of drug-likeness (QED) is 0.604. The van der Waals surface area contributed by atoms with Crippen LogP contribution in [0.15, 0.2) is 29.4 Å². The molecule has 0 spiro atoms. The van der Waals surface area contributed by atoms with Crippen molar-refractivity contribution in [1.29, 1.82) is 0 Å². The first-order valence-corrected chi connectivity index (χ1v) is 6.21. The number of amides is 2. The van der Waals surface area contributed by atoms with Crippen LogP contribution < -0.4 is 0 Å². The Bertz CT molecular complexity index is 469. The Labute approximate surface area is 106 Å². The maximum absolute atomic E-state index is 12.0. The highest BCUT2D eigenvalue weighted by Gasteiger charge is 2.35. The lowest BCUT2D eigenvalue weighted by molar-refractivity contribution is 0.0659. The molecule has 4 nitrogen and oxygen atoms in total. The van der Waals surface area contributed by atoms with Crippen LogP contribution in [0.1, 0.15) is 47.4 Å². The Hall–Kier alpha value is -1.97. The summed E-state index contributed by atoms with van der Waals surface area (Å²) in [6.07, 6.45) is 3.59. The number of hydrazone groups is 1. The minimum Gasteiger partial charge on any atom is -0.267 e. The van der Waals surface area contributed by atoms with E-state index in [4.69, 9.17) is 0 Å². The molecule has 2 amide bonds. The van der Waals surface area contributed by atoms with E-state index in [9.17, 15) is 9.59 Å². The van der Waals surface area contributed by atoms with Gasteiger partial charge in [0.1, 0.15) is 0 Å². The predicted octanol–water partition coefficient (Wildman–Crippen LogP) is 2.70. The average Bonchev–Trinajstić information content (AvgIpc) is 2.65. The van der Waals surface area contributed by atoms with Gasteiger partial charge in [-0.2, -0.15) is 10.1 Å². The van der Waals surface area contributed by atoms with E-state index in [1.54, 1.807) is 30.5 Å². The maximum atomic E-state index is 12.0. The highest BCUT2D eigenvalue weighted by molar-refractivity contribution is 6.21. The van der Waals surface area contributed by atoms with Crippen LogP contribution >= 0.6 is 0 Å². The Balaban J connectivity index is 2.24. The molecule has 1 aliphatic rings. The number of fused-ring (bicyclic) bond motifs is 1. The van der Waals surface area contributed by atoms with Gasteiger partial charge in [0.25, 0.3) is 11.8 Å². The summed E-state index contributed by atoms with van der Waals surface area (Å²) in [7, 11) is 0. The van der Waals surface area contributed by atoms with E-state index in [1.807, 2.05) is 0 Å². The Morgan fingerprint density at radius 3 is 2.06 bits per heavy atom. The number of carbonyl (C=O) groups is 2. The van der Waals surface area contributed by atoms with Gasteiger partial charge in [0.2, 0.25) is 0 Å². The van der Waals surface area contributed by atoms with Gasteiger partial charge in [0.15, 0.2) is 0 Å². The molecule has 1 aromatic rings. The molecule has 0 unspecified atom stereocenters. The average molecular weight is 244 g/mol. The van der Waals surface area contributed by atoms with Gasteiger partial charge < -0.3 is 0 Å². The molecule has 18 heavy (non-hydrogen) atoms. The fraction of sp³-hybridized carbons (Fsp3) is 0.357. The van der Waals surface area contributed by atoms with Crippen molar-refractivity contribution in [3.8, 4) is 0 Å². The monoisotopic (exact) mass is 244 g/mol. The summed E-state index contributed by atoms with van der Waals surface area (Å²) in [6.45, 7) is 4.12. The number of nitrogens with zero attached hydrogens (tertiary/aromatic N) is 2. The summed E-state index contributed by atoms with van der Waals surface area (Å²) in [5.41, 5.74) is 0.869. The standard InChI is InChI=1S/C14H16N2O2/c1-3-10(4-2)9-15-16-13(17)11-7-5-6-8-12(11)14(16)18/h5-10H,3-4H2,1-2H3. The highest BCUT2D eigenvalue weighted by Crippen LogP contribution is 2.22. The zero-order valence-electron chi connectivity index (χ0n) is 10.6. The molecule has 0 saturated heterocycles. The second-order valence-electron chi connectivity index (χ2n) is 4.31. The summed E-state index contributed by atoms with van der Waals surface area (Å²) in [4.78, 5) is 24.0. The second-order valence-corrected chi connectivity index (χ2v) is 4.31. The first-order valence-electron chi connectivity index (χ1n) is 6.21. The molecule has 1 aromatic carbocycles. The van der Waals surface area contributed by atoms with E-state index in [-0.39, 0.29) is 11.8 Å². The molecule has 1 aliphatic heterocycles. The second kappa shape index (κ2) is 5.12. The van der Waals surface area contributed by atoms with Crippen LogP contribution in [0.3, 0.4) is 0 Å². The molecule has 0 radical (unpaired) electrons. The van der Waals surface area contributed by atoms with Crippen molar-refractivity contribution in [2.75, 3.05) is 0 Å². The molecule has 0 N–H and O–H groups in total. The molecule has 0 saturated carbocycles. The Morgan fingerprint density at radius 2 is 1.61 bits per heavy atom. The number of hydrogen-bond donors (Lipinski definition) is 0. The van der Waals surface area contributed by atoms with E-state index < -0.39 is 0 Å². The molecule has 0 atom stereocenters. The largest absolute Gasteiger partial charge is 0.282 e. The fourth-order valence-corrected chi connectivity index (χ4v) is 1.94. The molecule has 2 rings (SSSR count). The van der Waals surface area contributed by atoms with Crippen molar-refractivity contribution in [2.45, 2.75) is 26.7 Å². The number of rotatable bonds is 4. The lowest BCUT2D eigenvalue weighted by atomic mass is 10.1. The number of hydrogen-bond acceptors (Lipinski definition) is 3. The topological polar surface area (TPSA) is 49.7 Å². The first kappa shape index (κ1) is 12.5. The maximum Gasteiger partial charge on any atom is 0.282 e. The molecular formula is C14H16N2O2. The third-order valence-corrected chi connectivity index (χ3v) is 3.21. The van der Waals surface area contributed by atoms with Crippen LogP contribution in [-0.2, 0) is 0 Å². The summed E-state index contributed by atoms with van der Waals surface area (Å²) >= 11 is 0. The zero-order chi connectivity index (χ0) is 13.1. The third kappa shape index (κ3) is 2.06. The van der Waals surface area contributed by atoms with Crippen molar-refractivity contribution >= 4 is 18.0 Å². The third-order valence-electron chi connectivity index (χ3n) is 3.21. The summed E-state index contributed by atoms with van der Waals surface area (Å²) in [6, 6.07) is 6.81. The van der Waals surface area contributed by atoms with Crippen molar-refractivity contribution in [3.63, 3.8) is 0 Å². The predicted molar refractivity (Wildman–Crippen MR) is 69.5 cm³/mol. The first-order chi connectivity index (χ1) is 8.69. The molecule has 94 valence electrons. The lowest BCUT2D eigenvalue weighted by Gasteiger charge is -2.09. The van der Waals surface area contributed by atoms with Crippen LogP contribution in [0.4, 0.5) is 0 Å². The number of benzene rings is 1. The SMILES string of the molecule is CCC(C=NN1C(=O)c2ccccc2C1=O)CC. The fourth-order valence-electron chi connectivity index (χ4n) is 1.94. The smallest absolute Gasteiger partial charge is 0.267 e. The van der Waals surface area contributed by atoms with Gasteiger partial charge in [0.05, 0.1) is 11.1 Å². The van der Waals surface area contributed by atoms with Gasteiger partial charge in [-0.15, -0.1) is 0 Å². The van der Waals surface area contributed by atoms with Crippen LogP contribution in [0.25, 0.3) is 0 Å². The van der Waals surface area contributed by atoms with Crippen molar-refractivity contribution in [2.24, 2.45) is 11.0 Å². The molecule has 0 bridgehead atoms. The van der Waals surface area contributed by atoms with E-state index in [1.165, 1.54) is 0 Å². The van der Waals surface area contributed by atoms with E-state index in [2.05, 4.69) is 18.9 Å². The highest BCUT2D eigenvalue weighted by atomic mass is 16.2. The van der Waals surface area contributed by atoms with Gasteiger partial charge in [-0.1, -0.05) is 26.0 Å². The zero-order valence-corrected chi connectivity index (χ0v) is 10.6. The molecular weight excluding hydrogens is 228 g/mol. The Kier molecular flexibility index (Phi) is 3.55. The van der Waals surface area contributed by atoms with Crippen molar-refractivity contribution < 1.29 is 9.59 Å². The van der Waals surface area contributed by atoms with E-state index in [0.29, 0.717) is 17.0 Å². The van der Waals surface area contributed by atoms with Crippen molar-refractivity contribution in [3.05, 3.63) is 35.4 Å². The summed E-state index contributed by atoms with van der Waals surface area (Å²) in [5, 5.41) is 5.01. The number of carbonyl (C=O) groups excluding carboxylic acids is 2. The van der Waals surface area contributed by atoms with Crippen LogP contribution in [0, 0.1) is 5.92 Å². The van der Waals surface area contributed by atoms with Gasteiger partial charge in [0, 0.05) is 6.21 Å². The van der Waals surface area contributed by atoms with Crippen LogP contribution in [0.2, 0.25) is 0 Å². The van der Waals surface area contributed by atoms with E-state index >= 15 is 0 Å². The van der Waals surface area contributed by atoms with E-state index in [0.717, 1.165) is 17.9 Å². The van der Waals surface area contributed by atoms with Gasteiger partial charge in [-0.3, -0.25) is 9.59 Å². The van der Waals surface area contributed by atoms with Crippen LogP contribution in [0.5, 0.6) is 0 Å². The summed E-state index contributed by atoms with van der Waals surface area (Å²) < 4.78 is 0. The minimum absolute atomic E-state index is 0.300. The minimum atomic E-state index is -0.335.